The van der Waals surface area contributed by atoms with Crippen LogP contribution in [0.1, 0.15) is 21.8 Å². The molecule has 2 rings (SSSR count). The summed E-state index contributed by atoms with van der Waals surface area (Å²) in [5.41, 5.74) is 1.48. The number of benzene rings is 1. The van der Waals surface area contributed by atoms with E-state index in [0.717, 1.165) is 22.3 Å². The van der Waals surface area contributed by atoms with Gasteiger partial charge in [-0.25, -0.2) is 4.98 Å². The lowest BCUT2D eigenvalue weighted by Gasteiger charge is -2.11. The van der Waals surface area contributed by atoms with Crippen molar-refractivity contribution in [3.8, 4) is 0 Å². The number of aliphatic imine (C=N–C) groups is 1. The molecular weight excluding hydrogens is 464 g/mol. The molecule has 2 aromatic rings. The molecule has 0 spiro atoms. The van der Waals surface area contributed by atoms with Gasteiger partial charge < -0.3 is 10.6 Å². The minimum absolute atomic E-state index is 0. The topological polar surface area (TPSA) is 49.3 Å². The van der Waals surface area contributed by atoms with Gasteiger partial charge in [0.1, 0.15) is 0 Å². The maximum Gasteiger partial charge on any atom is 0.434 e. The van der Waals surface area contributed by atoms with E-state index in [9.17, 15) is 13.2 Å². The number of nitrogens with zero attached hydrogens (tertiary/aromatic N) is 2. The minimum Gasteiger partial charge on any atom is -0.356 e. The van der Waals surface area contributed by atoms with E-state index in [-0.39, 0.29) is 24.0 Å². The van der Waals surface area contributed by atoms with Gasteiger partial charge in [-0.1, -0.05) is 29.8 Å². The van der Waals surface area contributed by atoms with Crippen molar-refractivity contribution in [2.45, 2.75) is 26.1 Å². The van der Waals surface area contributed by atoms with Gasteiger partial charge in [-0.3, -0.25) is 4.99 Å². The van der Waals surface area contributed by atoms with E-state index in [1.165, 1.54) is 5.56 Å². The van der Waals surface area contributed by atoms with Gasteiger partial charge in [-0.2, -0.15) is 13.2 Å². The van der Waals surface area contributed by atoms with Crippen LogP contribution < -0.4 is 10.6 Å². The molecule has 9 heteroatoms. The molecule has 0 saturated carbocycles. The van der Waals surface area contributed by atoms with Crippen LogP contribution in [0.4, 0.5) is 13.2 Å². The standard InChI is InChI=1S/C16H19F3N4S.HI/c1-11-4-3-5-12(8-11)9-22-15(20-2)21-7-6-14-23-13(10-24-14)16(17,18)19;/h3-5,8,10H,6-7,9H2,1-2H3,(H2,20,21,22);1H. The summed E-state index contributed by atoms with van der Waals surface area (Å²) in [7, 11) is 1.65. The smallest absolute Gasteiger partial charge is 0.356 e. The number of aryl methyl sites for hydroxylation is 1. The number of halogens is 4. The molecule has 0 aliphatic heterocycles. The monoisotopic (exact) mass is 484 g/mol. The van der Waals surface area contributed by atoms with Gasteiger partial charge in [-0.15, -0.1) is 35.3 Å². The first-order valence-corrected chi connectivity index (χ1v) is 8.28. The van der Waals surface area contributed by atoms with Crippen molar-refractivity contribution in [3.63, 3.8) is 0 Å². The molecule has 2 N–H and O–H groups in total. The highest BCUT2D eigenvalue weighted by Crippen LogP contribution is 2.29. The highest BCUT2D eigenvalue weighted by atomic mass is 127. The van der Waals surface area contributed by atoms with Crippen molar-refractivity contribution < 1.29 is 13.2 Å². The molecule has 0 amide bonds. The molecule has 0 bridgehead atoms. The molecule has 0 radical (unpaired) electrons. The highest BCUT2D eigenvalue weighted by Gasteiger charge is 2.33. The summed E-state index contributed by atoms with van der Waals surface area (Å²) in [6, 6.07) is 8.11. The summed E-state index contributed by atoms with van der Waals surface area (Å²) in [5.74, 6) is 0.601. The van der Waals surface area contributed by atoms with Crippen LogP contribution in [0.2, 0.25) is 0 Å². The van der Waals surface area contributed by atoms with Gasteiger partial charge in [-0.05, 0) is 12.5 Å². The number of guanidine groups is 1. The fourth-order valence-corrected chi connectivity index (χ4v) is 2.88. The molecule has 0 aliphatic rings. The quantitative estimate of drug-likeness (QED) is 0.384. The SMILES string of the molecule is CN=C(NCCc1nc(C(F)(F)F)cs1)NCc1cccc(C)c1.I. The molecule has 1 heterocycles. The summed E-state index contributed by atoms with van der Waals surface area (Å²) in [4.78, 5) is 7.70. The van der Waals surface area contributed by atoms with Crippen molar-refractivity contribution in [2.24, 2.45) is 4.99 Å². The summed E-state index contributed by atoms with van der Waals surface area (Å²) in [6.45, 7) is 3.11. The Balaban J connectivity index is 0.00000312. The van der Waals surface area contributed by atoms with Crippen molar-refractivity contribution in [1.29, 1.82) is 0 Å². The summed E-state index contributed by atoms with van der Waals surface area (Å²) < 4.78 is 37.5. The average Bonchev–Trinajstić information content (AvgIpc) is 3.00. The Kier molecular flexibility index (Phi) is 8.63. The van der Waals surface area contributed by atoms with Crippen LogP contribution in [-0.2, 0) is 19.1 Å². The molecule has 0 aliphatic carbocycles. The van der Waals surface area contributed by atoms with Gasteiger partial charge in [0.05, 0.1) is 5.01 Å². The number of thiazole rings is 1. The Hall–Kier alpha value is -1.36. The van der Waals surface area contributed by atoms with E-state index in [4.69, 9.17) is 0 Å². The van der Waals surface area contributed by atoms with E-state index >= 15 is 0 Å². The lowest BCUT2D eigenvalue weighted by atomic mass is 10.1. The van der Waals surface area contributed by atoms with Crippen LogP contribution in [0.3, 0.4) is 0 Å². The fraction of sp³-hybridized carbons (Fsp3) is 0.375. The molecule has 0 unspecified atom stereocenters. The number of nitrogens with one attached hydrogen (secondary N) is 2. The molecule has 138 valence electrons. The van der Waals surface area contributed by atoms with E-state index in [0.29, 0.717) is 30.5 Å². The maximum absolute atomic E-state index is 12.5. The average molecular weight is 484 g/mol. The normalized spacial score (nSPS) is 11.8. The predicted molar refractivity (Wildman–Crippen MR) is 106 cm³/mol. The summed E-state index contributed by atoms with van der Waals surface area (Å²) >= 11 is 1.02. The molecule has 0 atom stereocenters. The predicted octanol–water partition coefficient (Wildman–Crippen LogP) is 4.00. The molecular formula is C16H20F3IN4S. The molecule has 25 heavy (non-hydrogen) atoms. The third-order valence-corrected chi connectivity index (χ3v) is 4.15. The van der Waals surface area contributed by atoms with Crippen LogP contribution in [-0.4, -0.2) is 24.5 Å². The van der Waals surface area contributed by atoms with Crippen LogP contribution in [0, 0.1) is 6.92 Å². The second-order valence-electron chi connectivity index (χ2n) is 5.22. The number of rotatable bonds is 5. The second-order valence-corrected chi connectivity index (χ2v) is 6.16. The molecule has 0 fully saturated rings. The number of hydrogen-bond acceptors (Lipinski definition) is 3. The van der Waals surface area contributed by atoms with Crippen LogP contribution in [0.5, 0.6) is 0 Å². The molecule has 1 aromatic carbocycles. The third-order valence-electron chi connectivity index (χ3n) is 3.24. The zero-order valence-electron chi connectivity index (χ0n) is 13.9. The number of aromatic nitrogens is 1. The Morgan fingerprint density at radius 2 is 2.04 bits per heavy atom. The first-order valence-electron chi connectivity index (χ1n) is 7.40. The number of hydrogen-bond donors (Lipinski definition) is 2. The van der Waals surface area contributed by atoms with Gasteiger partial charge in [0.25, 0.3) is 0 Å². The van der Waals surface area contributed by atoms with E-state index < -0.39 is 11.9 Å². The highest BCUT2D eigenvalue weighted by molar-refractivity contribution is 14.0. The molecule has 1 aromatic heterocycles. The third kappa shape index (κ3) is 7.18. The Bertz CT molecular complexity index is 701. The van der Waals surface area contributed by atoms with E-state index in [1.54, 1.807) is 7.05 Å². The number of alkyl halides is 3. The summed E-state index contributed by atoms with van der Waals surface area (Å²) in [5, 5.41) is 7.74. The molecule has 4 nitrogen and oxygen atoms in total. The van der Waals surface area contributed by atoms with Gasteiger partial charge in [0.15, 0.2) is 11.7 Å². The maximum atomic E-state index is 12.5. The zero-order chi connectivity index (χ0) is 17.6. The van der Waals surface area contributed by atoms with Crippen molar-refractivity contribution in [2.75, 3.05) is 13.6 Å². The zero-order valence-corrected chi connectivity index (χ0v) is 17.0. The lowest BCUT2D eigenvalue weighted by molar-refractivity contribution is -0.140. The fourth-order valence-electron chi connectivity index (χ4n) is 2.07. The molecule has 0 saturated heterocycles. The van der Waals surface area contributed by atoms with Gasteiger partial charge in [0, 0.05) is 31.9 Å². The Labute approximate surface area is 166 Å². The first-order chi connectivity index (χ1) is 11.4. The van der Waals surface area contributed by atoms with Crippen LogP contribution >= 0.6 is 35.3 Å². The Morgan fingerprint density at radius 1 is 1.28 bits per heavy atom. The first kappa shape index (κ1) is 21.7. The van der Waals surface area contributed by atoms with Crippen molar-refractivity contribution in [1.82, 2.24) is 15.6 Å². The summed E-state index contributed by atoms with van der Waals surface area (Å²) in [6.07, 6.45) is -3.97. The lowest BCUT2D eigenvalue weighted by Crippen LogP contribution is -2.37. The second kappa shape index (κ2) is 9.95. The van der Waals surface area contributed by atoms with Crippen LogP contribution in [0.15, 0.2) is 34.6 Å². The van der Waals surface area contributed by atoms with Gasteiger partial charge >= 0.3 is 6.18 Å². The van der Waals surface area contributed by atoms with Crippen molar-refractivity contribution in [3.05, 3.63) is 51.5 Å². The van der Waals surface area contributed by atoms with Gasteiger partial charge in [0.2, 0.25) is 0 Å². The van der Waals surface area contributed by atoms with Crippen molar-refractivity contribution >= 4 is 41.3 Å². The Morgan fingerprint density at radius 3 is 2.64 bits per heavy atom. The van der Waals surface area contributed by atoms with E-state index in [2.05, 4.69) is 26.7 Å². The van der Waals surface area contributed by atoms with E-state index in [1.807, 2.05) is 25.1 Å². The largest absolute Gasteiger partial charge is 0.434 e. The van der Waals surface area contributed by atoms with Crippen LogP contribution in [0.25, 0.3) is 0 Å². The minimum atomic E-state index is -4.38.